The average Bonchev–Trinajstić information content (AvgIpc) is 2.67. The minimum absolute atomic E-state index is 0.0231. The Hall–Kier alpha value is -2.34. The highest BCUT2D eigenvalue weighted by Crippen LogP contribution is 2.41. The van der Waals surface area contributed by atoms with Gasteiger partial charge in [-0.3, -0.25) is 4.79 Å². The lowest BCUT2D eigenvalue weighted by molar-refractivity contribution is -0.119. The Morgan fingerprint density at radius 2 is 1.82 bits per heavy atom. The second-order valence-corrected chi connectivity index (χ2v) is 8.42. The second kappa shape index (κ2) is 8.78. The van der Waals surface area contributed by atoms with Gasteiger partial charge in [0.05, 0.1) is 26.0 Å². The lowest BCUT2D eigenvalue weighted by Gasteiger charge is -2.38. The molecule has 5 nitrogen and oxygen atoms in total. The molecular weight excluding hydrogens is 374 g/mol. The van der Waals surface area contributed by atoms with Crippen LogP contribution in [0, 0.1) is 0 Å². The number of rotatable bonds is 7. The van der Waals surface area contributed by atoms with Crippen LogP contribution in [0.25, 0.3) is 0 Å². The normalized spacial score (nSPS) is 17.2. The summed E-state index contributed by atoms with van der Waals surface area (Å²) < 4.78 is 16.6. The number of methoxy groups -OCH3 is 2. The fourth-order valence-corrected chi connectivity index (χ4v) is 4.11. The Kier molecular flexibility index (Phi) is 6.39. The van der Waals surface area contributed by atoms with Gasteiger partial charge in [-0.05, 0) is 49.7 Å². The molecule has 0 saturated heterocycles. The predicted molar refractivity (Wildman–Crippen MR) is 112 cm³/mol. The molecule has 0 aromatic heterocycles. The van der Waals surface area contributed by atoms with Gasteiger partial charge in [0.2, 0.25) is 5.91 Å². The molecule has 0 saturated carbocycles. The van der Waals surface area contributed by atoms with Crippen LogP contribution < -0.4 is 19.5 Å². The van der Waals surface area contributed by atoms with Crippen LogP contribution in [-0.2, 0) is 10.5 Å². The van der Waals surface area contributed by atoms with E-state index in [2.05, 4.69) is 5.32 Å². The number of carbonyl (C=O) groups excluding carboxylic acids is 1. The van der Waals surface area contributed by atoms with Crippen molar-refractivity contribution >= 4 is 17.7 Å². The quantitative estimate of drug-likeness (QED) is 0.747. The zero-order chi connectivity index (χ0) is 20.1. The molecule has 1 atom stereocenters. The first-order chi connectivity index (χ1) is 13.4. The number of hydrogen-bond acceptors (Lipinski definition) is 5. The van der Waals surface area contributed by atoms with Gasteiger partial charge in [0, 0.05) is 17.7 Å². The van der Waals surface area contributed by atoms with Gasteiger partial charge in [0.1, 0.15) is 22.8 Å². The van der Waals surface area contributed by atoms with Gasteiger partial charge in [-0.2, -0.15) is 0 Å². The van der Waals surface area contributed by atoms with E-state index >= 15 is 0 Å². The number of amides is 1. The molecule has 1 aliphatic rings. The Labute approximate surface area is 170 Å². The second-order valence-electron chi connectivity index (χ2n) is 7.43. The highest BCUT2D eigenvalue weighted by Gasteiger charge is 2.34. The number of nitrogens with one attached hydrogen (secondary N) is 1. The van der Waals surface area contributed by atoms with Crippen LogP contribution in [0.15, 0.2) is 42.5 Å². The molecule has 28 heavy (non-hydrogen) atoms. The summed E-state index contributed by atoms with van der Waals surface area (Å²) in [6.07, 6.45) is 0.710. The monoisotopic (exact) mass is 401 g/mol. The summed E-state index contributed by atoms with van der Waals surface area (Å²) in [5, 5.41) is 3.17. The van der Waals surface area contributed by atoms with Crippen LogP contribution in [0.4, 0.5) is 0 Å². The first-order valence-electron chi connectivity index (χ1n) is 9.27. The first-order valence-corrected chi connectivity index (χ1v) is 10.4. The molecule has 0 radical (unpaired) electrons. The fourth-order valence-electron chi connectivity index (χ4n) is 3.31. The molecule has 0 spiro atoms. The average molecular weight is 402 g/mol. The van der Waals surface area contributed by atoms with E-state index in [1.54, 1.807) is 26.0 Å². The van der Waals surface area contributed by atoms with E-state index < -0.39 is 0 Å². The number of ether oxygens (including phenoxy) is 3. The number of benzene rings is 2. The SMILES string of the molecule is COc1ccc(CSCC(=O)NC2CC(C)(C)Oc3ccc(OC)cc32)cc1. The van der Waals surface area contributed by atoms with Gasteiger partial charge in [-0.1, -0.05) is 12.1 Å². The Morgan fingerprint density at radius 1 is 1.14 bits per heavy atom. The van der Waals surface area contributed by atoms with Gasteiger partial charge in [-0.25, -0.2) is 0 Å². The summed E-state index contributed by atoms with van der Waals surface area (Å²) in [5.74, 6) is 3.60. The maximum absolute atomic E-state index is 12.6. The minimum Gasteiger partial charge on any atom is -0.497 e. The summed E-state index contributed by atoms with van der Waals surface area (Å²) in [5.41, 5.74) is 1.79. The van der Waals surface area contributed by atoms with Crippen LogP contribution in [0.5, 0.6) is 17.2 Å². The summed E-state index contributed by atoms with van der Waals surface area (Å²) in [6, 6.07) is 13.6. The van der Waals surface area contributed by atoms with E-state index in [-0.39, 0.29) is 17.6 Å². The summed E-state index contributed by atoms with van der Waals surface area (Å²) in [6.45, 7) is 4.08. The molecule has 1 unspecified atom stereocenters. The highest BCUT2D eigenvalue weighted by molar-refractivity contribution is 7.99. The smallest absolute Gasteiger partial charge is 0.230 e. The molecule has 2 aromatic carbocycles. The largest absolute Gasteiger partial charge is 0.497 e. The molecule has 3 rings (SSSR count). The zero-order valence-corrected chi connectivity index (χ0v) is 17.6. The van der Waals surface area contributed by atoms with E-state index in [4.69, 9.17) is 14.2 Å². The molecule has 1 aliphatic heterocycles. The molecule has 2 aromatic rings. The number of carbonyl (C=O) groups is 1. The van der Waals surface area contributed by atoms with Gasteiger partial charge >= 0.3 is 0 Å². The Balaban J connectivity index is 1.59. The standard InChI is InChI=1S/C22H27NO4S/c1-22(2)12-19(18-11-17(26-4)9-10-20(18)27-22)23-21(24)14-28-13-15-5-7-16(25-3)8-6-15/h5-11,19H,12-14H2,1-4H3,(H,23,24). The first kappa shape index (κ1) is 20.4. The third-order valence-electron chi connectivity index (χ3n) is 4.67. The van der Waals surface area contributed by atoms with E-state index in [0.29, 0.717) is 12.2 Å². The maximum atomic E-state index is 12.6. The fraction of sp³-hybridized carbons (Fsp3) is 0.409. The third kappa shape index (κ3) is 5.13. The van der Waals surface area contributed by atoms with E-state index in [1.807, 2.05) is 56.3 Å². The predicted octanol–water partition coefficient (Wildman–Crippen LogP) is 4.36. The van der Waals surface area contributed by atoms with Crippen LogP contribution in [0.1, 0.15) is 37.4 Å². The number of fused-ring (bicyclic) bond motifs is 1. The van der Waals surface area contributed by atoms with Crippen molar-refractivity contribution in [1.82, 2.24) is 5.32 Å². The van der Waals surface area contributed by atoms with Crippen molar-refractivity contribution in [2.24, 2.45) is 0 Å². The van der Waals surface area contributed by atoms with E-state index in [0.717, 1.165) is 28.6 Å². The van der Waals surface area contributed by atoms with Crippen molar-refractivity contribution in [2.45, 2.75) is 37.7 Å². The lowest BCUT2D eigenvalue weighted by atomic mass is 9.89. The van der Waals surface area contributed by atoms with Crippen molar-refractivity contribution < 1.29 is 19.0 Å². The van der Waals surface area contributed by atoms with Crippen LogP contribution in [0.3, 0.4) is 0 Å². The van der Waals surface area contributed by atoms with Crippen molar-refractivity contribution in [3.63, 3.8) is 0 Å². The molecule has 0 fully saturated rings. The van der Waals surface area contributed by atoms with E-state index in [9.17, 15) is 4.79 Å². The van der Waals surface area contributed by atoms with E-state index in [1.165, 1.54) is 5.56 Å². The molecule has 0 aliphatic carbocycles. The zero-order valence-electron chi connectivity index (χ0n) is 16.8. The molecule has 150 valence electrons. The molecule has 1 N–H and O–H groups in total. The Bertz CT molecular complexity index is 820. The molecular formula is C22H27NO4S. The van der Waals surface area contributed by atoms with Crippen LogP contribution in [0.2, 0.25) is 0 Å². The minimum atomic E-state index is -0.338. The molecule has 0 bridgehead atoms. The molecule has 1 amide bonds. The molecule has 6 heteroatoms. The Morgan fingerprint density at radius 3 is 2.50 bits per heavy atom. The summed E-state index contributed by atoms with van der Waals surface area (Å²) in [4.78, 5) is 12.6. The van der Waals surface area contributed by atoms with Gasteiger partial charge in [0.25, 0.3) is 0 Å². The number of thioether (sulfide) groups is 1. The molecule has 1 heterocycles. The van der Waals surface area contributed by atoms with Crippen molar-refractivity contribution in [3.05, 3.63) is 53.6 Å². The highest BCUT2D eigenvalue weighted by atomic mass is 32.2. The summed E-state index contributed by atoms with van der Waals surface area (Å²) >= 11 is 1.60. The lowest BCUT2D eigenvalue weighted by Crippen LogP contribution is -2.41. The summed E-state index contributed by atoms with van der Waals surface area (Å²) in [7, 11) is 3.29. The number of hydrogen-bond donors (Lipinski definition) is 1. The van der Waals surface area contributed by atoms with Crippen LogP contribution >= 0.6 is 11.8 Å². The van der Waals surface area contributed by atoms with Crippen molar-refractivity contribution in [2.75, 3.05) is 20.0 Å². The van der Waals surface area contributed by atoms with Gasteiger partial charge < -0.3 is 19.5 Å². The van der Waals surface area contributed by atoms with Gasteiger partial charge in [-0.15, -0.1) is 11.8 Å². The topological polar surface area (TPSA) is 56.8 Å². The van der Waals surface area contributed by atoms with Gasteiger partial charge in [0.15, 0.2) is 0 Å². The van der Waals surface area contributed by atoms with Crippen molar-refractivity contribution in [3.8, 4) is 17.2 Å². The maximum Gasteiger partial charge on any atom is 0.230 e. The third-order valence-corrected chi connectivity index (χ3v) is 5.67. The van der Waals surface area contributed by atoms with Crippen LogP contribution in [-0.4, -0.2) is 31.5 Å². The van der Waals surface area contributed by atoms with Crippen molar-refractivity contribution in [1.29, 1.82) is 0 Å².